The van der Waals surface area contributed by atoms with Crippen LogP contribution in [-0.4, -0.2) is 29.6 Å². The Labute approximate surface area is 103 Å². The van der Waals surface area contributed by atoms with Crippen LogP contribution < -0.4 is 0 Å². The molecule has 17 heavy (non-hydrogen) atoms. The summed E-state index contributed by atoms with van der Waals surface area (Å²) in [6.07, 6.45) is 6.95. The molecule has 0 aliphatic carbocycles. The van der Waals surface area contributed by atoms with Crippen LogP contribution in [0.2, 0.25) is 0 Å². The molecule has 4 nitrogen and oxygen atoms in total. The zero-order valence-corrected chi connectivity index (χ0v) is 10.8. The second-order valence-corrected chi connectivity index (χ2v) is 7.16. The molecule has 0 spiro atoms. The smallest absolute Gasteiger partial charge is 0.0949 e. The highest BCUT2D eigenvalue weighted by Crippen LogP contribution is 2.45. The number of aromatic nitrogens is 2. The number of rotatable bonds is 2. The molecule has 0 radical (unpaired) electrons. The molecule has 1 aromatic heterocycles. The van der Waals surface area contributed by atoms with Crippen LogP contribution in [0.5, 0.6) is 0 Å². The minimum absolute atomic E-state index is 0.184. The lowest BCUT2D eigenvalue weighted by Crippen LogP contribution is -2.40. The summed E-state index contributed by atoms with van der Waals surface area (Å²) in [4.78, 5) is 0. The van der Waals surface area contributed by atoms with E-state index in [1.807, 2.05) is 17.8 Å². The molecule has 5 heteroatoms. The molecule has 0 saturated carbocycles. The molecule has 2 saturated heterocycles. The van der Waals surface area contributed by atoms with Crippen LogP contribution in [0.25, 0.3) is 0 Å². The van der Waals surface area contributed by atoms with Gasteiger partial charge in [0.2, 0.25) is 0 Å². The van der Waals surface area contributed by atoms with Crippen LogP contribution in [0.3, 0.4) is 0 Å². The normalized spacial score (nSPS) is 40.7. The summed E-state index contributed by atoms with van der Waals surface area (Å²) in [5, 5.41) is 15.4. The number of fused-ring (bicyclic) bond motifs is 2. The molecule has 0 aromatic carbocycles. The van der Waals surface area contributed by atoms with E-state index in [0.29, 0.717) is 12.8 Å². The molecule has 2 bridgehead atoms. The van der Waals surface area contributed by atoms with Gasteiger partial charge in [-0.2, -0.15) is 5.10 Å². The zero-order chi connectivity index (χ0) is 12.0. The minimum atomic E-state index is -0.798. The molecular weight excluding hydrogens is 236 g/mol. The topological polar surface area (TPSA) is 55.1 Å². The maximum Gasteiger partial charge on any atom is 0.0949 e. The van der Waals surface area contributed by atoms with Crippen molar-refractivity contribution in [3.05, 3.63) is 18.0 Å². The third kappa shape index (κ3) is 1.76. The predicted molar refractivity (Wildman–Crippen MR) is 66.0 cm³/mol. The Balaban J connectivity index is 1.89. The van der Waals surface area contributed by atoms with Crippen molar-refractivity contribution in [2.24, 2.45) is 0 Å². The highest BCUT2D eigenvalue weighted by molar-refractivity contribution is 7.86. The minimum Gasteiger partial charge on any atom is -0.385 e. The van der Waals surface area contributed by atoms with Gasteiger partial charge in [-0.25, -0.2) is 0 Å². The van der Waals surface area contributed by atoms with Crippen LogP contribution in [0.4, 0.5) is 0 Å². The molecule has 94 valence electrons. The molecule has 1 aromatic rings. The molecule has 1 N–H and O–H groups in total. The van der Waals surface area contributed by atoms with E-state index in [9.17, 15) is 9.32 Å². The Bertz CT molecular complexity index is 441. The summed E-state index contributed by atoms with van der Waals surface area (Å²) in [6.45, 7) is 2.84. The van der Waals surface area contributed by atoms with Gasteiger partial charge in [0.25, 0.3) is 0 Å². The van der Waals surface area contributed by atoms with Gasteiger partial charge in [0.1, 0.15) is 0 Å². The number of nitrogens with zero attached hydrogens (tertiary/aromatic N) is 2. The van der Waals surface area contributed by atoms with Crippen LogP contribution in [0, 0.1) is 0 Å². The number of aliphatic hydroxyl groups is 1. The lowest BCUT2D eigenvalue weighted by molar-refractivity contribution is 0.0184. The van der Waals surface area contributed by atoms with Crippen LogP contribution in [-0.2, 0) is 22.9 Å². The van der Waals surface area contributed by atoms with Crippen LogP contribution in [0.15, 0.2) is 12.4 Å². The standard InChI is InChI=1S/C12H18N2O2S/c1-2-14-8-9(7-13-14)12(15)5-10-3-4-11(6-12)17(10)16/h7-8,10-11,15H,2-6H2,1H3. The maximum absolute atomic E-state index is 11.9. The fraction of sp³-hybridized carbons (Fsp3) is 0.750. The average molecular weight is 254 g/mol. The summed E-state index contributed by atoms with van der Waals surface area (Å²) in [5.41, 5.74) is 0.0978. The lowest BCUT2D eigenvalue weighted by atomic mass is 9.88. The molecule has 3 heterocycles. The van der Waals surface area contributed by atoms with E-state index in [1.165, 1.54) is 0 Å². The van der Waals surface area contributed by atoms with E-state index < -0.39 is 16.4 Å². The summed E-state index contributed by atoms with van der Waals surface area (Å²) in [7, 11) is -0.721. The molecule has 2 fully saturated rings. The maximum atomic E-state index is 11.9. The fourth-order valence-corrected chi connectivity index (χ4v) is 5.25. The first-order valence-corrected chi connectivity index (χ1v) is 7.55. The molecule has 3 rings (SSSR count). The van der Waals surface area contributed by atoms with E-state index in [1.54, 1.807) is 6.20 Å². The zero-order valence-electron chi connectivity index (χ0n) is 10.0. The second-order valence-electron chi connectivity index (χ2n) is 5.17. The predicted octanol–water partition coefficient (Wildman–Crippen LogP) is 1.16. The van der Waals surface area contributed by atoms with E-state index in [4.69, 9.17) is 0 Å². The summed E-state index contributed by atoms with van der Waals surface area (Å²) < 4.78 is 13.8. The van der Waals surface area contributed by atoms with Gasteiger partial charge in [-0.15, -0.1) is 0 Å². The van der Waals surface area contributed by atoms with Crippen molar-refractivity contribution in [1.82, 2.24) is 9.78 Å². The van der Waals surface area contributed by atoms with Gasteiger partial charge in [-0.1, -0.05) is 0 Å². The lowest BCUT2D eigenvalue weighted by Gasteiger charge is -2.35. The molecular formula is C12H18N2O2S. The van der Waals surface area contributed by atoms with E-state index in [0.717, 1.165) is 24.9 Å². The van der Waals surface area contributed by atoms with E-state index >= 15 is 0 Å². The van der Waals surface area contributed by atoms with Gasteiger partial charge in [0, 0.05) is 39.6 Å². The molecule has 0 amide bonds. The molecule has 2 aliphatic heterocycles. The van der Waals surface area contributed by atoms with Crippen molar-refractivity contribution < 1.29 is 9.32 Å². The third-order valence-corrected chi connectivity index (χ3v) is 6.21. The van der Waals surface area contributed by atoms with Crippen molar-refractivity contribution >= 4 is 10.8 Å². The molecule has 2 atom stereocenters. The van der Waals surface area contributed by atoms with Crippen LogP contribution in [0.1, 0.15) is 38.2 Å². The van der Waals surface area contributed by atoms with Crippen molar-refractivity contribution in [2.45, 2.75) is 55.3 Å². The van der Waals surface area contributed by atoms with Gasteiger partial charge in [0.05, 0.1) is 11.8 Å². The van der Waals surface area contributed by atoms with Crippen molar-refractivity contribution in [3.8, 4) is 0 Å². The Morgan fingerprint density at radius 1 is 1.53 bits per heavy atom. The van der Waals surface area contributed by atoms with Gasteiger partial charge >= 0.3 is 0 Å². The Hall–Kier alpha value is -0.680. The number of aryl methyl sites for hydroxylation is 1. The van der Waals surface area contributed by atoms with Gasteiger partial charge in [0.15, 0.2) is 0 Å². The first-order chi connectivity index (χ1) is 8.12. The summed E-state index contributed by atoms with van der Waals surface area (Å²) >= 11 is 0. The number of hydrogen-bond acceptors (Lipinski definition) is 3. The number of hydrogen-bond donors (Lipinski definition) is 1. The second kappa shape index (κ2) is 3.92. The summed E-state index contributed by atoms with van der Waals surface area (Å²) in [5.74, 6) is 0. The monoisotopic (exact) mass is 254 g/mol. The van der Waals surface area contributed by atoms with Crippen LogP contribution >= 0.6 is 0 Å². The Morgan fingerprint density at radius 3 is 2.71 bits per heavy atom. The summed E-state index contributed by atoms with van der Waals surface area (Å²) in [6, 6.07) is 0. The highest BCUT2D eigenvalue weighted by atomic mass is 32.2. The van der Waals surface area contributed by atoms with Gasteiger partial charge in [-0.05, 0) is 32.6 Å². The van der Waals surface area contributed by atoms with E-state index in [2.05, 4.69) is 5.10 Å². The Morgan fingerprint density at radius 2 is 2.18 bits per heavy atom. The highest BCUT2D eigenvalue weighted by Gasteiger charge is 2.48. The quantitative estimate of drug-likeness (QED) is 0.862. The SMILES string of the molecule is CCn1cc(C2(O)CC3CCC(C2)S3=O)cn1. The fourth-order valence-electron chi connectivity index (χ4n) is 3.09. The van der Waals surface area contributed by atoms with Crippen molar-refractivity contribution in [1.29, 1.82) is 0 Å². The Kier molecular flexibility index (Phi) is 2.63. The van der Waals surface area contributed by atoms with E-state index in [-0.39, 0.29) is 10.5 Å². The largest absolute Gasteiger partial charge is 0.385 e. The molecule has 2 aliphatic rings. The van der Waals surface area contributed by atoms with Crippen molar-refractivity contribution in [2.75, 3.05) is 0 Å². The van der Waals surface area contributed by atoms with Gasteiger partial charge in [-0.3, -0.25) is 8.89 Å². The molecule has 2 unspecified atom stereocenters. The van der Waals surface area contributed by atoms with Crippen molar-refractivity contribution in [3.63, 3.8) is 0 Å². The first-order valence-electron chi connectivity index (χ1n) is 6.27. The average Bonchev–Trinajstić information content (AvgIpc) is 2.86. The van der Waals surface area contributed by atoms with Gasteiger partial charge < -0.3 is 5.11 Å². The first kappa shape index (κ1) is 11.4. The third-order valence-electron chi connectivity index (χ3n) is 4.09.